The van der Waals surface area contributed by atoms with E-state index in [1.54, 1.807) is 13.0 Å². The highest BCUT2D eigenvalue weighted by molar-refractivity contribution is 6.45. The summed E-state index contributed by atoms with van der Waals surface area (Å²) in [6, 6.07) is 2.65. The van der Waals surface area contributed by atoms with Crippen LogP contribution in [0.5, 0.6) is 0 Å². The molecule has 5 rings (SSSR count). The van der Waals surface area contributed by atoms with Crippen molar-refractivity contribution in [3.05, 3.63) is 34.9 Å². The molecule has 0 aliphatic heterocycles. The lowest BCUT2D eigenvalue weighted by Crippen LogP contribution is -2.62. The minimum absolute atomic E-state index is 0.0547. The molecule has 182 valence electrons. The SMILES string of the molecule is C[C@@]1(C#N)CC[C@]2(C)CC[C@]3(C)C4=CC=C5C(=CC(=O)C(=O)[C@@]5(C)CO)[C@]4(C)CC[C@@]3(C)[C@@H]2C1. The minimum Gasteiger partial charge on any atom is -0.395 e. The van der Waals surface area contributed by atoms with E-state index >= 15 is 0 Å². The van der Waals surface area contributed by atoms with Crippen molar-refractivity contribution < 1.29 is 14.7 Å². The van der Waals surface area contributed by atoms with Gasteiger partial charge >= 0.3 is 0 Å². The van der Waals surface area contributed by atoms with Crippen LogP contribution in [0, 0.1) is 49.7 Å². The maximum Gasteiger partial charge on any atom is 0.222 e. The Labute approximate surface area is 204 Å². The van der Waals surface area contributed by atoms with E-state index in [4.69, 9.17) is 0 Å². The van der Waals surface area contributed by atoms with Crippen LogP contribution >= 0.6 is 0 Å². The van der Waals surface area contributed by atoms with Crippen LogP contribution in [0.25, 0.3) is 0 Å². The highest BCUT2D eigenvalue weighted by Gasteiger charge is 2.67. The topological polar surface area (TPSA) is 78.2 Å². The molecule has 0 aromatic carbocycles. The van der Waals surface area contributed by atoms with Crippen molar-refractivity contribution in [3.8, 4) is 6.07 Å². The van der Waals surface area contributed by atoms with Gasteiger partial charge in [-0.2, -0.15) is 5.26 Å². The molecule has 0 saturated heterocycles. The average Bonchev–Trinajstić information content (AvgIpc) is 2.81. The van der Waals surface area contributed by atoms with Gasteiger partial charge in [0.05, 0.1) is 23.5 Å². The Morgan fingerprint density at radius 3 is 2.26 bits per heavy atom. The molecule has 5 aliphatic rings. The molecule has 0 radical (unpaired) electrons. The summed E-state index contributed by atoms with van der Waals surface area (Å²) in [6.45, 7) is 13.1. The van der Waals surface area contributed by atoms with Gasteiger partial charge in [-0.1, -0.05) is 45.4 Å². The number of fused-ring (bicyclic) bond motifs is 7. The largest absolute Gasteiger partial charge is 0.395 e. The van der Waals surface area contributed by atoms with Crippen LogP contribution in [0.2, 0.25) is 0 Å². The summed E-state index contributed by atoms with van der Waals surface area (Å²) >= 11 is 0. The Kier molecular flexibility index (Phi) is 4.76. The smallest absolute Gasteiger partial charge is 0.222 e. The Balaban J connectivity index is 1.67. The molecule has 7 atom stereocenters. The fraction of sp³-hybridized carbons (Fsp3) is 0.700. The molecule has 0 aromatic heterocycles. The molecule has 0 spiro atoms. The Morgan fingerprint density at radius 1 is 0.941 bits per heavy atom. The summed E-state index contributed by atoms with van der Waals surface area (Å²) in [5.74, 6) is -0.527. The number of Topliss-reactive ketones (excluding diaryl/α,β-unsaturated/α-hetero) is 1. The number of hydrogen-bond acceptors (Lipinski definition) is 4. The summed E-state index contributed by atoms with van der Waals surface area (Å²) in [4.78, 5) is 25.6. The van der Waals surface area contributed by atoms with Crippen molar-refractivity contribution in [2.75, 3.05) is 6.61 Å². The van der Waals surface area contributed by atoms with Gasteiger partial charge in [-0.25, -0.2) is 0 Å². The van der Waals surface area contributed by atoms with E-state index in [1.807, 2.05) is 6.08 Å². The Morgan fingerprint density at radius 2 is 1.62 bits per heavy atom. The maximum absolute atomic E-state index is 12.8. The second-order valence-corrected chi connectivity index (χ2v) is 13.6. The van der Waals surface area contributed by atoms with Crippen molar-refractivity contribution in [3.63, 3.8) is 0 Å². The number of carbonyl (C=O) groups is 2. The van der Waals surface area contributed by atoms with Gasteiger partial charge in [0.1, 0.15) is 0 Å². The van der Waals surface area contributed by atoms with Crippen LogP contribution in [-0.4, -0.2) is 23.3 Å². The van der Waals surface area contributed by atoms with Crippen molar-refractivity contribution in [1.29, 1.82) is 5.26 Å². The molecule has 1 N–H and O–H groups in total. The van der Waals surface area contributed by atoms with Crippen molar-refractivity contribution >= 4 is 11.6 Å². The summed E-state index contributed by atoms with van der Waals surface area (Å²) in [6.07, 6.45) is 13.1. The number of nitriles is 1. The van der Waals surface area contributed by atoms with Gasteiger partial charge in [0.25, 0.3) is 0 Å². The number of nitrogens with zero attached hydrogens (tertiary/aromatic N) is 1. The third-order valence-corrected chi connectivity index (χ3v) is 11.8. The molecular formula is C30H39NO3. The molecule has 0 unspecified atom stereocenters. The normalized spacial score (nSPS) is 49.9. The molecule has 4 nitrogen and oxygen atoms in total. The molecule has 34 heavy (non-hydrogen) atoms. The van der Waals surface area contributed by atoms with Crippen molar-refractivity contribution in [1.82, 2.24) is 0 Å². The van der Waals surface area contributed by atoms with E-state index in [1.165, 1.54) is 5.57 Å². The summed E-state index contributed by atoms with van der Waals surface area (Å²) in [5.41, 5.74) is 1.63. The van der Waals surface area contributed by atoms with Crippen LogP contribution in [0.15, 0.2) is 34.9 Å². The number of carbonyl (C=O) groups excluding carboxylic acids is 2. The second kappa shape index (κ2) is 6.82. The van der Waals surface area contributed by atoms with Gasteiger partial charge in [0.15, 0.2) is 0 Å². The Bertz CT molecular complexity index is 1140. The van der Waals surface area contributed by atoms with Gasteiger partial charge in [0, 0.05) is 5.41 Å². The summed E-state index contributed by atoms with van der Waals surface area (Å²) in [7, 11) is 0. The fourth-order valence-electron chi connectivity index (χ4n) is 8.95. The molecular weight excluding hydrogens is 422 g/mol. The van der Waals surface area contributed by atoms with E-state index < -0.39 is 17.0 Å². The first-order chi connectivity index (χ1) is 15.7. The molecule has 0 amide bonds. The number of hydrogen-bond donors (Lipinski definition) is 1. The van der Waals surface area contributed by atoms with E-state index in [2.05, 4.69) is 46.8 Å². The first-order valence-electron chi connectivity index (χ1n) is 13.0. The maximum atomic E-state index is 12.8. The van der Waals surface area contributed by atoms with Gasteiger partial charge in [0.2, 0.25) is 11.6 Å². The van der Waals surface area contributed by atoms with Crippen LogP contribution in [0.4, 0.5) is 0 Å². The molecule has 3 saturated carbocycles. The van der Waals surface area contributed by atoms with Gasteiger partial charge < -0.3 is 5.11 Å². The lowest BCUT2D eigenvalue weighted by molar-refractivity contribution is -0.155. The van der Waals surface area contributed by atoms with Crippen LogP contribution in [-0.2, 0) is 9.59 Å². The summed E-state index contributed by atoms with van der Waals surface area (Å²) < 4.78 is 0. The Hall–Kier alpha value is -1.99. The lowest BCUT2D eigenvalue weighted by atomic mass is 9.34. The fourth-order valence-corrected chi connectivity index (χ4v) is 8.95. The number of aliphatic hydroxyl groups excluding tert-OH is 1. The number of aliphatic hydroxyl groups is 1. The van der Waals surface area contributed by atoms with Gasteiger partial charge in [-0.05, 0) is 98.2 Å². The van der Waals surface area contributed by atoms with E-state index in [9.17, 15) is 20.0 Å². The predicted octanol–water partition coefficient (Wildman–Crippen LogP) is 5.87. The van der Waals surface area contributed by atoms with Crippen molar-refractivity contribution in [2.24, 2.45) is 38.4 Å². The van der Waals surface area contributed by atoms with Crippen molar-refractivity contribution in [2.45, 2.75) is 86.5 Å². The molecule has 0 heterocycles. The second-order valence-electron chi connectivity index (χ2n) is 13.6. The summed E-state index contributed by atoms with van der Waals surface area (Å²) in [5, 5.41) is 20.2. The standard InChI is InChI=1S/C30H39NO3/c1-25(17-31)9-10-26(2)11-13-29(5)22-8-7-19-20(15-21(33)24(34)28(19,4)18-32)27(22,3)12-14-30(29,6)23(26)16-25/h7-8,15,23,32H,9-14,16,18H2,1-6H3/t23-,25-,26-,27+,28+,29-,30+/m1/s1. The monoisotopic (exact) mass is 461 g/mol. The van der Waals surface area contributed by atoms with Gasteiger partial charge in [-0.15, -0.1) is 0 Å². The van der Waals surface area contributed by atoms with Crippen LogP contribution in [0.1, 0.15) is 86.5 Å². The molecule has 3 fully saturated rings. The van der Waals surface area contributed by atoms with Gasteiger partial charge in [-0.3, -0.25) is 9.59 Å². The third kappa shape index (κ3) is 2.63. The molecule has 5 aliphatic carbocycles. The van der Waals surface area contributed by atoms with Crippen LogP contribution in [0.3, 0.4) is 0 Å². The zero-order chi connectivity index (χ0) is 24.9. The van der Waals surface area contributed by atoms with Crippen LogP contribution < -0.4 is 0 Å². The minimum atomic E-state index is -1.17. The van der Waals surface area contributed by atoms with E-state index in [0.717, 1.165) is 56.1 Å². The lowest BCUT2D eigenvalue weighted by Gasteiger charge is -2.70. The number of ketones is 2. The third-order valence-electron chi connectivity index (χ3n) is 11.8. The highest BCUT2D eigenvalue weighted by Crippen LogP contribution is 2.75. The number of rotatable bonds is 1. The average molecular weight is 462 g/mol. The first-order valence-corrected chi connectivity index (χ1v) is 13.0. The van der Waals surface area contributed by atoms with E-state index in [0.29, 0.717) is 5.92 Å². The zero-order valence-electron chi connectivity index (χ0n) is 21.7. The predicted molar refractivity (Wildman–Crippen MR) is 131 cm³/mol. The van der Waals surface area contributed by atoms with E-state index in [-0.39, 0.29) is 33.7 Å². The molecule has 0 aromatic rings. The first kappa shape index (κ1) is 23.7. The quantitative estimate of drug-likeness (QED) is 0.495. The molecule has 4 heteroatoms. The highest BCUT2D eigenvalue weighted by atomic mass is 16.3. The molecule has 0 bridgehead atoms. The zero-order valence-corrected chi connectivity index (χ0v) is 21.7. The number of allylic oxidation sites excluding steroid dienone is 5.